The Balaban J connectivity index is 3.68. The van der Waals surface area contributed by atoms with Gasteiger partial charge >= 0.3 is 0 Å². The lowest BCUT2D eigenvalue weighted by Gasteiger charge is -1.83. The molecule has 0 aromatic rings. The number of hydrogen-bond acceptors (Lipinski definition) is 3. The van der Waals surface area contributed by atoms with E-state index in [4.69, 9.17) is 11.1 Å². The first-order valence-corrected chi connectivity index (χ1v) is 2.29. The molecule has 40 valence electrons. The Bertz CT molecular complexity index is 102. The highest BCUT2D eigenvalue weighted by Crippen LogP contribution is 1.87. The zero-order chi connectivity index (χ0) is 5.86. The fraction of sp³-hybridized carbons (Fsp3) is 0.250. The molecule has 0 aromatic heterocycles. The maximum atomic E-state index is 6.82. The summed E-state index contributed by atoms with van der Waals surface area (Å²) in [5.41, 5.74) is 5.50. The van der Waals surface area contributed by atoms with E-state index in [2.05, 4.69) is 12.6 Å². The van der Waals surface area contributed by atoms with Crippen LogP contribution in [0.1, 0.15) is 6.92 Å². The van der Waals surface area contributed by atoms with Gasteiger partial charge in [0.1, 0.15) is 0 Å². The third-order valence-electron chi connectivity index (χ3n) is 0.364. The van der Waals surface area contributed by atoms with E-state index in [-0.39, 0.29) is 0 Å². The summed E-state index contributed by atoms with van der Waals surface area (Å²) in [6, 6.07) is 0. The summed E-state index contributed by atoms with van der Waals surface area (Å²) >= 11 is 3.74. The van der Waals surface area contributed by atoms with Crippen LogP contribution >= 0.6 is 12.6 Å². The van der Waals surface area contributed by atoms with Gasteiger partial charge in [0.05, 0.1) is 5.03 Å². The molecule has 3 N–H and O–H groups in total. The fourth-order valence-corrected chi connectivity index (χ4v) is 0.415. The lowest BCUT2D eigenvalue weighted by atomic mass is 10.4. The van der Waals surface area contributed by atoms with Gasteiger partial charge in [-0.25, -0.2) is 0 Å². The molecule has 7 heavy (non-hydrogen) atoms. The van der Waals surface area contributed by atoms with Crippen LogP contribution in [0.5, 0.6) is 0 Å². The van der Waals surface area contributed by atoms with Crippen molar-refractivity contribution >= 4 is 18.3 Å². The molecule has 0 radical (unpaired) electrons. The maximum Gasteiger partial charge on any atom is 0.0642 e. The summed E-state index contributed by atoms with van der Waals surface area (Å²) in [4.78, 5) is 0. The van der Waals surface area contributed by atoms with Crippen LogP contribution in [0.3, 0.4) is 0 Å². The first-order chi connectivity index (χ1) is 3.13. The monoisotopic (exact) mass is 116 g/mol. The first kappa shape index (κ1) is 6.56. The molecule has 0 spiro atoms. The Hall–Kier alpha value is -0.440. The van der Waals surface area contributed by atoms with Gasteiger partial charge in [0.25, 0.3) is 0 Å². The van der Waals surface area contributed by atoms with Gasteiger partial charge in [-0.15, -0.1) is 12.6 Å². The van der Waals surface area contributed by atoms with Crippen LogP contribution in [-0.4, -0.2) is 5.71 Å². The van der Waals surface area contributed by atoms with E-state index in [9.17, 15) is 0 Å². The smallest absolute Gasteiger partial charge is 0.0642 e. The molecule has 3 heteroatoms. The molecular formula is C4H8N2S. The van der Waals surface area contributed by atoms with E-state index >= 15 is 0 Å². The van der Waals surface area contributed by atoms with Gasteiger partial charge in [0.15, 0.2) is 0 Å². The number of rotatable bonds is 1. The fourth-order valence-electron chi connectivity index (χ4n) is 0.222. The van der Waals surface area contributed by atoms with Crippen LogP contribution in [0, 0.1) is 5.41 Å². The molecule has 0 aliphatic rings. The molecule has 0 rings (SSSR count). The Labute approximate surface area is 48.3 Å². The summed E-state index contributed by atoms with van der Waals surface area (Å²) in [6.07, 6.45) is 1.48. The molecular weight excluding hydrogens is 108 g/mol. The van der Waals surface area contributed by atoms with Gasteiger partial charge in [-0.3, -0.25) is 0 Å². The molecule has 0 saturated carbocycles. The van der Waals surface area contributed by atoms with Crippen molar-refractivity contribution in [3.05, 3.63) is 11.1 Å². The maximum absolute atomic E-state index is 6.82. The van der Waals surface area contributed by atoms with Gasteiger partial charge in [0, 0.05) is 5.71 Å². The average molecular weight is 116 g/mol. The zero-order valence-corrected chi connectivity index (χ0v) is 5.00. The first-order valence-electron chi connectivity index (χ1n) is 1.84. The second-order valence-corrected chi connectivity index (χ2v) is 1.77. The van der Waals surface area contributed by atoms with Crippen LogP contribution in [0.15, 0.2) is 11.1 Å². The summed E-state index contributed by atoms with van der Waals surface area (Å²) in [5.74, 6) is 0. The standard InChI is InChI=1S/C4H8N2S/c1-3(5)2-4(6)7/h2,5,7H,6H2,1H3/b4-2-,5-3?. The topological polar surface area (TPSA) is 49.9 Å². The highest BCUT2D eigenvalue weighted by atomic mass is 32.1. The summed E-state index contributed by atoms with van der Waals surface area (Å²) in [7, 11) is 0. The molecule has 0 amide bonds. The molecule has 0 bridgehead atoms. The average Bonchev–Trinajstić information content (AvgIpc) is 1.27. The van der Waals surface area contributed by atoms with E-state index in [0.717, 1.165) is 0 Å². The lowest BCUT2D eigenvalue weighted by Crippen LogP contribution is -1.90. The number of nitrogens with two attached hydrogens (primary N) is 1. The van der Waals surface area contributed by atoms with Crippen molar-refractivity contribution in [2.75, 3.05) is 0 Å². The van der Waals surface area contributed by atoms with Gasteiger partial charge in [0.2, 0.25) is 0 Å². The summed E-state index contributed by atoms with van der Waals surface area (Å²) in [6.45, 7) is 1.64. The molecule has 0 aromatic carbocycles. The molecule has 0 atom stereocenters. The number of nitrogens with one attached hydrogen (secondary N) is 1. The highest BCUT2D eigenvalue weighted by Gasteiger charge is 1.77. The van der Waals surface area contributed by atoms with Crippen molar-refractivity contribution in [2.45, 2.75) is 6.92 Å². The molecule has 0 fully saturated rings. The number of allylic oxidation sites excluding steroid dienone is 1. The van der Waals surface area contributed by atoms with Gasteiger partial charge in [-0.2, -0.15) is 0 Å². The minimum atomic E-state index is 0.382. The van der Waals surface area contributed by atoms with Gasteiger partial charge in [-0.1, -0.05) is 0 Å². The van der Waals surface area contributed by atoms with Crippen LogP contribution in [0.4, 0.5) is 0 Å². The minimum Gasteiger partial charge on any atom is -0.394 e. The number of thiol groups is 1. The lowest BCUT2D eigenvalue weighted by molar-refractivity contribution is 1.47. The third-order valence-corrected chi connectivity index (χ3v) is 0.493. The van der Waals surface area contributed by atoms with Crippen molar-refractivity contribution in [1.29, 1.82) is 5.41 Å². The normalized spacial score (nSPS) is 11.4. The summed E-state index contributed by atoms with van der Waals surface area (Å²) < 4.78 is 0. The minimum absolute atomic E-state index is 0.382. The van der Waals surface area contributed by atoms with E-state index in [0.29, 0.717) is 10.7 Å². The van der Waals surface area contributed by atoms with Gasteiger partial charge in [-0.05, 0) is 13.0 Å². The van der Waals surface area contributed by atoms with E-state index in [1.54, 1.807) is 6.92 Å². The molecule has 0 aliphatic carbocycles. The van der Waals surface area contributed by atoms with E-state index in [1.165, 1.54) is 6.08 Å². The Kier molecular flexibility index (Phi) is 2.52. The molecule has 0 saturated heterocycles. The van der Waals surface area contributed by atoms with Crippen LogP contribution in [0.2, 0.25) is 0 Å². The SMILES string of the molecule is CC(=N)/C=C(/N)S. The predicted octanol–water partition coefficient (Wildman–Crippen LogP) is 0.756. The summed E-state index contributed by atoms with van der Waals surface area (Å²) in [5, 5.41) is 7.20. The Morgan fingerprint density at radius 3 is 2.29 bits per heavy atom. The quantitative estimate of drug-likeness (QED) is 0.344. The molecule has 0 aliphatic heterocycles. The van der Waals surface area contributed by atoms with Crippen molar-refractivity contribution in [2.24, 2.45) is 5.73 Å². The second kappa shape index (κ2) is 2.69. The molecule has 0 heterocycles. The van der Waals surface area contributed by atoms with E-state index in [1.807, 2.05) is 0 Å². The largest absolute Gasteiger partial charge is 0.394 e. The van der Waals surface area contributed by atoms with Crippen molar-refractivity contribution in [3.8, 4) is 0 Å². The van der Waals surface area contributed by atoms with Crippen LogP contribution < -0.4 is 5.73 Å². The van der Waals surface area contributed by atoms with Crippen molar-refractivity contribution in [1.82, 2.24) is 0 Å². The zero-order valence-electron chi connectivity index (χ0n) is 4.10. The second-order valence-electron chi connectivity index (χ2n) is 1.25. The van der Waals surface area contributed by atoms with Crippen LogP contribution in [-0.2, 0) is 0 Å². The van der Waals surface area contributed by atoms with Crippen molar-refractivity contribution in [3.63, 3.8) is 0 Å². The van der Waals surface area contributed by atoms with E-state index < -0.39 is 0 Å². The van der Waals surface area contributed by atoms with Crippen LogP contribution in [0.25, 0.3) is 0 Å². The molecule has 0 unspecified atom stereocenters. The van der Waals surface area contributed by atoms with Crippen molar-refractivity contribution < 1.29 is 0 Å². The highest BCUT2D eigenvalue weighted by molar-refractivity contribution is 7.84. The predicted molar refractivity (Wildman–Crippen MR) is 34.7 cm³/mol. The molecule has 2 nitrogen and oxygen atoms in total. The number of hydrogen-bond donors (Lipinski definition) is 3. The van der Waals surface area contributed by atoms with Gasteiger partial charge < -0.3 is 11.1 Å². The Morgan fingerprint density at radius 2 is 2.29 bits per heavy atom. The Morgan fingerprint density at radius 1 is 1.86 bits per heavy atom. The third kappa shape index (κ3) is 5.56.